The number of aryl methyl sites for hydroxylation is 1. The topological polar surface area (TPSA) is 58.6 Å². The highest BCUT2D eigenvalue weighted by Gasteiger charge is 2.25. The second kappa shape index (κ2) is 9.52. The van der Waals surface area contributed by atoms with E-state index in [0.717, 1.165) is 33.2 Å². The van der Waals surface area contributed by atoms with E-state index in [4.69, 9.17) is 4.74 Å². The molecule has 2 amide bonds. The molecule has 2 aromatic rings. The summed E-state index contributed by atoms with van der Waals surface area (Å²) in [6.07, 6.45) is 1.89. The molecule has 1 saturated heterocycles. The number of anilines is 1. The molecule has 0 spiro atoms. The fraction of sp³-hybridized carbons (Fsp3) is 0.364. The number of carbonyl (C=O) groups is 2. The van der Waals surface area contributed by atoms with Crippen molar-refractivity contribution in [1.82, 2.24) is 4.90 Å². The van der Waals surface area contributed by atoms with Crippen molar-refractivity contribution in [1.29, 1.82) is 0 Å². The van der Waals surface area contributed by atoms with Crippen LogP contribution >= 0.6 is 22.6 Å². The van der Waals surface area contributed by atoms with Crippen molar-refractivity contribution in [2.45, 2.75) is 32.8 Å². The molecule has 3 rings (SSSR count). The van der Waals surface area contributed by atoms with Gasteiger partial charge in [-0.3, -0.25) is 9.59 Å². The summed E-state index contributed by atoms with van der Waals surface area (Å²) in [4.78, 5) is 27.4. The predicted molar refractivity (Wildman–Crippen MR) is 119 cm³/mol. The maximum absolute atomic E-state index is 13.1. The molecular weight excluding hydrogens is 467 g/mol. The number of halogens is 1. The van der Waals surface area contributed by atoms with Gasteiger partial charge in [-0.05, 0) is 84.7 Å². The first-order valence-corrected chi connectivity index (χ1v) is 10.5. The molecule has 1 aliphatic rings. The zero-order valence-electron chi connectivity index (χ0n) is 16.2. The number of nitrogens with zero attached hydrogens (tertiary/aromatic N) is 1. The third-order valence-electron chi connectivity index (χ3n) is 5.02. The Kier molecular flexibility index (Phi) is 7.07. The molecule has 1 fully saturated rings. The Morgan fingerprint density at radius 3 is 2.71 bits per heavy atom. The summed E-state index contributed by atoms with van der Waals surface area (Å²) in [7, 11) is 0. The second-order valence-corrected chi connectivity index (χ2v) is 8.37. The smallest absolute Gasteiger partial charge is 0.254 e. The van der Waals surface area contributed by atoms with E-state index in [2.05, 4.69) is 27.9 Å². The van der Waals surface area contributed by atoms with Crippen LogP contribution in [-0.4, -0.2) is 42.5 Å². The van der Waals surface area contributed by atoms with Crippen molar-refractivity contribution in [3.8, 4) is 0 Å². The number of rotatable bonds is 6. The lowest BCUT2D eigenvalue weighted by atomic mass is 10.1. The molecule has 1 unspecified atom stereocenters. The third-order valence-corrected chi connectivity index (χ3v) is 5.69. The van der Waals surface area contributed by atoms with Gasteiger partial charge in [-0.1, -0.05) is 18.2 Å². The number of amides is 2. The fourth-order valence-corrected chi connectivity index (χ4v) is 3.85. The van der Waals surface area contributed by atoms with Crippen molar-refractivity contribution in [3.05, 3.63) is 62.7 Å². The van der Waals surface area contributed by atoms with Gasteiger partial charge < -0.3 is 15.0 Å². The lowest BCUT2D eigenvalue weighted by molar-refractivity contribution is -0.117. The molecule has 28 heavy (non-hydrogen) atoms. The molecule has 1 atom stereocenters. The zero-order valence-corrected chi connectivity index (χ0v) is 18.4. The Bertz CT molecular complexity index is 863. The quantitative estimate of drug-likeness (QED) is 0.617. The normalized spacial score (nSPS) is 16.0. The summed E-state index contributed by atoms with van der Waals surface area (Å²) in [5, 5.41) is 2.95. The van der Waals surface area contributed by atoms with Gasteiger partial charge in [0, 0.05) is 28.0 Å². The molecule has 0 radical (unpaired) electrons. The highest BCUT2D eigenvalue weighted by Crippen LogP contribution is 2.19. The molecule has 2 aromatic carbocycles. The Hall–Kier alpha value is -1.93. The average molecular weight is 492 g/mol. The first-order chi connectivity index (χ1) is 13.4. The van der Waals surface area contributed by atoms with Crippen LogP contribution in [0.15, 0.2) is 42.5 Å². The van der Waals surface area contributed by atoms with Crippen molar-refractivity contribution in [2.24, 2.45) is 0 Å². The van der Waals surface area contributed by atoms with Gasteiger partial charge in [0.05, 0.1) is 6.10 Å². The first-order valence-electron chi connectivity index (χ1n) is 9.46. The van der Waals surface area contributed by atoms with Crippen molar-refractivity contribution in [3.63, 3.8) is 0 Å². The molecule has 6 heteroatoms. The van der Waals surface area contributed by atoms with Crippen LogP contribution in [0.2, 0.25) is 0 Å². The van der Waals surface area contributed by atoms with E-state index < -0.39 is 0 Å². The molecule has 1 aliphatic heterocycles. The summed E-state index contributed by atoms with van der Waals surface area (Å²) >= 11 is 2.18. The summed E-state index contributed by atoms with van der Waals surface area (Å²) in [6, 6.07) is 13.2. The van der Waals surface area contributed by atoms with E-state index in [1.54, 1.807) is 11.0 Å². The summed E-state index contributed by atoms with van der Waals surface area (Å²) in [6.45, 7) is 5.12. The van der Waals surface area contributed by atoms with Crippen LogP contribution in [0.5, 0.6) is 0 Å². The maximum Gasteiger partial charge on any atom is 0.254 e. The minimum absolute atomic E-state index is 0.00243. The largest absolute Gasteiger partial charge is 0.376 e. The number of ether oxygens (including phenoxy) is 1. The van der Waals surface area contributed by atoms with Crippen LogP contribution in [-0.2, 0) is 9.53 Å². The third kappa shape index (κ3) is 5.32. The predicted octanol–water partition coefficient (Wildman–Crippen LogP) is 4.17. The molecule has 0 bridgehead atoms. The van der Waals surface area contributed by atoms with Gasteiger partial charge in [-0.2, -0.15) is 0 Å². The van der Waals surface area contributed by atoms with E-state index in [1.807, 2.05) is 50.2 Å². The van der Waals surface area contributed by atoms with Gasteiger partial charge in [0.25, 0.3) is 5.91 Å². The van der Waals surface area contributed by atoms with Crippen molar-refractivity contribution in [2.75, 3.05) is 25.0 Å². The van der Waals surface area contributed by atoms with E-state index in [9.17, 15) is 9.59 Å². The SMILES string of the molecule is Cc1cccc(NC(=O)CN(CC2CCCO2)C(=O)c2cccc(I)c2)c1C. The summed E-state index contributed by atoms with van der Waals surface area (Å²) in [5.74, 6) is -0.351. The van der Waals surface area contributed by atoms with E-state index >= 15 is 0 Å². The van der Waals surface area contributed by atoms with Crippen LogP contribution in [0.3, 0.4) is 0 Å². The molecule has 0 saturated carbocycles. The number of carbonyl (C=O) groups excluding carboxylic acids is 2. The first kappa shape index (κ1) is 20.8. The van der Waals surface area contributed by atoms with E-state index in [0.29, 0.717) is 18.7 Å². The highest BCUT2D eigenvalue weighted by atomic mass is 127. The van der Waals surface area contributed by atoms with Gasteiger partial charge in [-0.25, -0.2) is 0 Å². The van der Waals surface area contributed by atoms with Crippen LogP contribution < -0.4 is 5.32 Å². The maximum atomic E-state index is 13.1. The monoisotopic (exact) mass is 492 g/mol. The molecule has 0 aliphatic carbocycles. The summed E-state index contributed by atoms with van der Waals surface area (Å²) < 4.78 is 6.69. The van der Waals surface area contributed by atoms with Crippen LogP contribution in [0, 0.1) is 17.4 Å². The molecule has 148 valence electrons. The fourth-order valence-electron chi connectivity index (χ4n) is 3.31. The van der Waals surface area contributed by atoms with Crippen LogP contribution in [0.1, 0.15) is 34.3 Å². The molecule has 1 N–H and O–H groups in total. The zero-order chi connectivity index (χ0) is 20.1. The van der Waals surface area contributed by atoms with Gasteiger partial charge in [0.1, 0.15) is 6.54 Å². The number of nitrogens with one attached hydrogen (secondary N) is 1. The Labute approximate surface area is 179 Å². The number of benzene rings is 2. The van der Waals surface area contributed by atoms with Gasteiger partial charge in [0.2, 0.25) is 5.91 Å². The molecule has 0 aromatic heterocycles. The highest BCUT2D eigenvalue weighted by molar-refractivity contribution is 14.1. The lowest BCUT2D eigenvalue weighted by Gasteiger charge is -2.25. The number of hydrogen-bond acceptors (Lipinski definition) is 3. The molecule has 5 nitrogen and oxygen atoms in total. The van der Waals surface area contributed by atoms with Crippen LogP contribution in [0.25, 0.3) is 0 Å². The van der Waals surface area contributed by atoms with Gasteiger partial charge in [0.15, 0.2) is 0 Å². The van der Waals surface area contributed by atoms with E-state index in [-0.39, 0.29) is 24.5 Å². The molecular formula is C22H25IN2O3. The Morgan fingerprint density at radius 2 is 2.00 bits per heavy atom. The summed E-state index contributed by atoms with van der Waals surface area (Å²) in [5.41, 5.74) is 3.52. The minimum atomic E-state index is -0.203. The minimum Gasteiger partial charge on any atom is -0.376 e. The Morgan fingerprint density at radius 1 is 1.21 bits per heavy atom. The number of hydrogen-bond donors (Lipinski definition) is 1. The second-order valence-electron chi connectivity index (χ2n) is 7.13. The van der Waals surface area contributed by atoms with Crippen LogP contribution in [0.4, 0.5) is 5.69 Å². The average Bonchev–Trinajstić information content (AvgIpc) is 3.17. The van der Waals surface area contributed by atoms with Crippen molar-refractivity contribution < 1.29 is 14.3 Å². The van der Waals surface area contributed by atoms with E-state index in [1.165, 1.54) is 0 Å². The van der Waals surface area contributed by atoms with Crippen molar-refractivity contribution >= 4 is 40.1 Å². The lowest BCUT2D eigenvalue weighted by Crippen LogP contribution is -2.42. The Balaban J connectivity index is 1.75. The van der Waals surface area contributed by atoms with Gasteiger partial charge >= 0.3 is 0 Å². The van der Waals surface area contributed by atoms with Gasteiger partial charge in [-0.15, -0.1) is 0 Å². The standard InChI is InChI=1S/C22H25IN2O3/c1-15-6-3-10-20(16(15)2)24-21(26)14-25(13-19-9-5-11-28-19)22(27)17-7-4-8-18(23)12-17/h3-4,6-8,10,12,19H,5,9,11,13-14H2,1-2H3,(H,24,26). The molecule has 1 heterocycles.